The fourth-order valence-corrected chi connectivity index (χ4v) is 2.91. The summed E-state index contributed by atoms with van der Waals surface area (Å²) in [6, 6.07) is 7.82. The van der Waals surface area contributed by atoms with Crippen LogP contribution in [0.2, 0.25) is 0 Å². The third-order valence-electron chi connectivity index (χ3n) is 4.46. The second kappa shape index (κ2) is 7.76. The van der Waals surface area contributed by atoms with Gasteiger partial charge >= 0.3 is 0 Å². The highest BCUT2D eigenvalue weighted by molar-refractivity contribution is 5.90. The first-order valence-electron chi connectivity index (χ1n) is 9.12. The van der Waals surface area contributed by atoms with Crippen molar-refractivity contribution in [3.05, 3.63) is 29.8 Å². The molecule has 0 unspecified atom stereocenters. The van der Waals surface area contributed by atoms with Crippen LogP contribution in [0.5, 0.6) is 5.75 Å². The van der Waals surface area contributed by atoms with Crippen molar-refractivity contribution in [2.75, 3.05) is 29.9 Å². The molecule has 1 aromatic carbocycles. The number of H-pyrrole nitrogens is 1. The number of hydrogen-bond acceptors (Lipinski definition) is 5. The minimum Gasteiger partial charge on any atom is -0.484 e. The topological polar surface area (TPSA) is 83.1 Å². The van der Waals surface area contributed by atoms with Gasteiger partial charge in [-0.15, -0.1) is 5.10 Å². The maximum atomic E-state index is 12.1. The Bertz CT molecular complexity index is 727. The second-order valence-electron chi connectivity index (χ2n) is 7.64. The first kappa shape index (κ1) is 18.2. The van der Waals surface area contributed by atoms with E-state index in [4.69, 9.17) is 4.74 Å². The van der Waals surface area contributed by atoms with Crippen molar-refractivity contribution in [3.63, 3.8) is 0 Å². The van der Waals surface area contributed by atoms with E-state index in [1.807, 2.05) is 24.3 Å². The molecule has 2 N–H and O–H groups in total. The van der Waals surface area contributed by atoms with Crippen LogP contribution in [0.1, 0.15) is 45.6 Å². The van der Waals surface area contributed by atoms with Crippen molar-refractivity contribution in [2.45, 2.75) is 45.4 Å². The average molecular weight is 357 g/mol. The van der Waals surface area contributed by atoms with E-state index in [2.05, 4.69) is 46.2 Å². The van der Waals surface area contributed by atoms with Crippen LogP contribution in [0, 0.1) is 0 Å². The summed E-state index contributed by atoms with van der Waals surface area (Å²) in [4.78, 5) is 18.5. The van der Waals surface area contributed by atoms with Gasteiger partial charge in [0.1, 0.15) is 5.75 Å². The predicted molar refractivity (Wildman–Crippen MR) is 102 cm³/mol. The first-order valence-corrected chi connectivity index (χ1v) is 9.12. The van der Waals surface area contributed by atoms with E-state index in [1.54, 1.807) is 0 Å². The van der Waals surface area contributed by atoms with Crippen molar-refractivity contribution in [3.8, 4) is 5.75 Å². The molecule has 2 aromatic rings. The number of piperidine rings is 1. The molecule has 0 aliphatic carbocycles. The van der Waals surface area contributed by atoms with E-state index in [0.717, 1.165) is 25.9 Å². The molecule has 0 radical (unpaired) electrons. The van der Waals surface area contributed by atoms with E-state index in [1.165, 1.54) is 12.0 Å². The van der Waals surface area contributed by atoms with Crippen molar-refractivity contribution in [2.24, 2.45) is 0 Å². The monoisotopic (exact) mass is 357 g/mol. The maximum Gasteiger partial charge on any atom is 0.264 e. The number of hydrogen-bond donors (Lipinski definition) is 2. The number of anilines is 2. The number of amides is 1. The van der Waals surface area contributed by atoms with E-state index in [0.29, 0.717) is 17.6 Å². The van der Waals surface area contributed by atoms with Crippen LogP contribution in [-0.2, 0) is 10.2 Å². The Balaban J connectivity index is 1.49. The molecular formula is C19H27N5O2. The fourth-order valence-electron chi connectivity index (χ4n) is 2.91. The number of carbonyl (C=O) groups is 1. The Morgan fingerprint density at radius 3 is 2.54 bits per heavy atom. The quantitative estimate of drug-likeness (QED) is 0.859. The molecule has 1 aliphatic rings. The summed E-state index contributed by atoms with van der Waals surface area (Å²) < 4.78 is 5.55. The number of rotatable bonds is 5. The van der Waals surface area contributed by atoms with Gasteiger partial charge in [0, 0.05) is 13.1 Å². The number of nitrogens with one attached hydrogen (secondary N) is 2. The lowest BCUT2D eigenvalue weighted by atomic mass is 9.87. The second-order valence-corrected chi connectivity index (χ2v) is 7.64. The first-order chi connectivity index (χ1) is 12.4. The van der Waals surface area contributed by atoms with Crippen LogP contribution in [0.15, 0.2) is 24.3 Å². The molecule has 0 bridgehead atoms. The summed E-state index contributed by atoms with van der Waals surface area (Å²) in [7, 11) is 0. The molecule has 1 saturated heterocycles. The molecule has 7 heteroatoms. The molecule has 140 valence electrons. The highest BCUT2D eigenvalue weighted by atomic mass is 16.5. The Labute approximate surface area is 154 Å². The van der Waals surface area contributed by atoms with E-state index in [9.17, 15) is 4.79 Å². The van der Waals surface area contributed by atoms with Gasteiger partial charge in [-0.05, 0) is 42.4 Å². The molecular weight excluding hydrogens is 330 g/mol. The lowest BCUT2D eigenvalue weighted by molar-refractivity contribution is -0.118. The smallest absolute Gasteiger partial charge is 0.264 e. The lowest BCUT2D eigenvalue weighted by Crippen LogP contribution is -2.30. The van der Waals surface area contributed by atoms with Gasteiger partial charge < -0.3 is 9.64 Å². The third kappa shape index (κ3) is 4.74. The van der Waals surface area contributed by atoms with Crippen LogP contribution in [-0.4, -0.2) is 40.8 Å². The summed E-state index contributed by atoms with van der Waals surface area (Å²) in [5.74, 6) is 1.38. The molecule has 2 heterocycles. The van der Waals surface area contributed by atoms with Gasteiger partial charge in [0.2, 0.25) is 11.9 Å². The van der Waals surface area contributed by atoms with Crippen molar-refractivity contribution in [1.82, 2.24) is 15.2 Å². The molecule has 0 spiro atoms. The number of carbonyl (C=O) groups excluding carboxylic acids is 1. The molecule has 1 aliphatic heterocycles. The molecule has 7 nitrogen and oxygen atoms in total. The zero-order chi connectivity index (χ0) is 18.6. The zero-order valence-corrected chi connectivity index (χ0v) is 15.7. The van der Waals surface area contributed by atoms with E-state index < -0.39 is 0 Å². The van der Waals surface area contributed by atoms with Crippen molar-refractivity contribution < 1.29 is 9.53 Å². The molecule has 1 amide bonds. The third-order valence-corrected chi connectivity index (χ3v) is 4.46. The van der Waals surface area contributed by atoms with Crippen LogP contribution in [0.25, 0.3) is 0 Å². The van der Waals surface area contributed by atoms with Gasteiger partial charge in [0.25, 0.3) is 5.91 Å². The SMILES string of the molecule is CC(C)(C)c1ccc(OCC(=O)Nc2nc(N3CCCCC3)n[nH]2)cc1. The molecule has 1 aromatic heterocycles. The van der Waals surface area contributed by atoms with Gasteiger partial charge in [-0.2, -0.15) is 4.98 Å². The number of aromatic nitrogens is 3. The summed E-state index contributed by atoms with van der Waals surface area (Å²) in [5.41, 5.74) is 1.31. The van der Waals surface area contributed by atoms with Crippen molar-refractivity contribution in [1.29, 1.82) is 0 Å². The van der Waals surface area contributed by atoms with Gasteiger partial charge in [0.05, 0.1) is 0 Å². The Hall–Kier alpha value is -2.57. The van der Waals surface area contributed by atoms with Crippen LogP contribution < -0.4 is 15.0 Å². The Morgan fingerprint density at radius 1 is 1.19 bits per heavy atom. The van der Waals surface area contributed by atoms with E-state index >= 15 is 0 Å². The van der Waals surface area contributed by atoms with Gasteiger partial charge in [-0.3, -0.25) is 10.1 Å². The van der Waals surface area contributed by atoms with Gasteiger partial charge in [0.15, 0.2) is 6.61 Å². The van der Waals surface area contributed by atoms with Crippen LogP contribution >= 0.6 is 0 Å². The van der Waals surface area contributed by atoms with Gasteiger partial charge in [-0.25, -0.2) is 5.10 Å². The van der Waals surface area contributed by atoms with E-state index in [-0.39, 0.29) is 17.9 Å². The minimum atomic E-state index is -0.272. The lowest BCUT2D eigenvalue weighted by Gasteiger charge is -2.24. The van der Waals surface area contributed by atoms with Crippen LogP contribution in [0.4, 0.5) is 11.9 Å². The molecule has 1 fully saturated rings. The number of nitrogens with zero attached hydrogens (tertiary/aromatic N) is 3. The van der Waals surface area contributed by atoms with Crippen LogP contribution in [0.3, 0.4) is 0 Å². The minimum absolute atomic E-state index is 0.0748. The Morgan fingerprint density at radius 2 is 1.88 bits per heavy atom. The summed E-state index contributed by atoms with van der Waals surface area (Å²) in [5, 5.41) is 9.63. The highest BCUT2D eigenvalue weighted by Gasteiger charge is 2.16. The predicted octanol–water partition coefficient (Wildman–Crippen LogP) is 3.11. The van der Waals surface area contributed by atoms with Crippen molar-refractivity contribution >= 4 is 17.8 Å². The summed E-state index contributed by atoms with van der Waals surface area (Å²) >= 11 is 0. The fraction of sp³-hybridized carbons (Fsp3) is 0.526. The highest BCUT2D eigenvalue weighted by Crippen LogP contribution is 2.24. The summed E-state index contributed by atoms with van der Waals surface area (Å²) in [6.45, 7) is 8.32. The largest absolute Gasteiger partial charge is 0.484 e. The number of benzene rings is 1. The molecule has 0 atom stereocenters. The number of aromatic amines is 1. The Kier molecular flexibility index (Phi) is 5.44. The molecule has 26 heavy (non-hydrogen) atoms. The summed E-state index contributed by atoms with van der Waals surface area (Å²) in [6.07, 6.45) is 3.55. The molecule has 3 rings (SSSR count). The maximum absolute atomic E-state index is 12.1. The number of ether oxygens (including phenoxy) is 1. The normalized spacial score (nSPS) is 15.0. The standard InChI is InChI=1S/C19H27N5O2/c1-19(2,3)14-7-9-15(10-8-14)26-13-16(25)20-17-21-18(23-22-17)24-11-5-4-6-12-24/h7-10H,4-6,11-13H2,1-3H3,(H2,20,21,22,23,25). The average Bonchev–Trinajstić information content (AvgIpc) is 3.09. The zero-order valence-electron chi connectivity index (χ0n) is 15.7. The molecule has 0 saturated carbocycles. The van der Waals surface area contributed by atoms with Gasteiger partial charge in [-0.1, -0.05) is 32.9 Å².